The van der Waals surface area contributed by atoms with Crippen molar-refractivity contribution < 1.29 is 23.5 Å². The molecule has 1 aromatic carbocycles. The summed E-state index contributed by atoms with van der Waals surface area (Å²) < 4.78 is 10.6. The smallest absolute Gasteiger partial charge is 0.321 e. The zero-order valence-electron chi connectivity index (χ0n) is 15.6. The third kappa shape index (κ3) is 5.34. The number of urea groups is 1. The zero-order valence-corrected chi connectivity index (χ0v) is 15.6. The maximum absolute atomic E-state index is 12.1. The van der Waals surface area contributed by atoms with E-state index in [9.17, 15) is 14.4 Å². The lowest BCUT2D eigenvalue weighted by Crippen LogP contribution is -2.50. The SMILES string of the molecule is Cc1ccc2c(CC(=O)O[C@@H](C)C(=O)NC(=O)NC(C)(C)C)coc2c1. The molecule has 7 nitrogen and oxygen atoms in total. The summed E-state index contributed by atoms with van der Waals surface area (Å²) in [6.45, 7) is 8.73. The molecule has 0 saturated carbocycles. The highest BCUT2D eigenvalue weighted by Gasteiger charge is 2.22. The first kappa shape index (κ1) is 19.5. The van der Waals surface area contributed by atoms with Gasteiger partial charge in [-0.1, -0.05) is 12.1 Å². The van der Waals surface area contributed by atoms with Crippen LogP contribution in [0.15, 0.2) is 28.9 Å². The van der Waals surface area contributed by atoms with Gasteiger partial charge in [-0.3, -0.25) is 14.9 Å². The zero-order chi connectivity index (χ0) is 19.5. The topological polar surface area (TPSA) is 97.6 Å². The maximum atomic E-state index is 12.1. The van der Waals surface area contributed by atoms with Gasteiger partial charge in [-0.15, -0.1) is 0 Å². The molecule has 26 heavy (non-hydrogen) atoms. The number of amides is 3. The molecule has 0 aliphatic heterocycles. The van der Waals surface area contributed by atoms with E-state index in [1.807, 2.05) is 25.1 Å². The standard InChI is InChI=1S/C19H24N2O5/c1-11-6-7-14-13(10-25-15(14)8-11)9-16(22)26-12(2)17(23)20-18(24)21-19(3,4)5/h6-8,10,12H,9H2,1-5H3,(H2,20,21,23,24)/t12-/m0/s1. The lowest BCUT2D eigenvalue weighted by Gasteiger charge is -2.21. The Labute approximate surface area is 152 Å². The van der Waals surface area contributed by atoms with Gasteiger partial charge in [0.1, 0.15) is 5.58 Å². The molecule has 0 fully saturated rings. The molecule has 2 rings (SSSR count). The van der Waals surface area contributed by atoms with Gasteiger partial charge in [0, 0.05) is 16.5 Å². The summed E-state index contributed by atoms with van der Waals surface area (Å²) in [5, 5.41) is 5.58. The molecule has 0 unspecified atom stereocenters. The number of ether oxygens (including phenoxy) is 1. The van der Waals surface area contributed by atoms with Gasteiger partial charge in [0.2, 0.25) is 0 Å². The molecule has 2 N–H and O–H groups in total. The summed E-state index contributed by atoms with van der Waals surface area (Å²) in [6.07, 6.45) is 0.392. The van der Waals surface area contributed by atoms with Gasteiger partial charge in [-0.2, -0.15) is 0 Å². The summed E-state index contributed by atoms with van der Waals surface area (Å²) in [4.78, 5) is 35.8. The molecule has 0 aliphatic carbocycles. The number of hydrogen-bond acceptors (Lipinski definition) is 5. The summed E-state index contributed by atoms with van der Waals surface area (Å²) in [5.41, 5.74) is 1.95. The second-order valence-electron chi connectivity index (χ2n) is 7.26. The van der Waals surface area contributed by atoms with Crippen molar-refractivity contribution in [3.63, 3.8) is 0 Å². The predicted molar refractivity (Wildman–Crippen MR) is 96.6 cm³/mol. The van der Waals surface area contributed by atoms with Crippen LogP contribution >= 0.6 is 0 Å². The fourth-order valence-electron chi connectivity index (χ4n) is 2.36. The molecule has 1 atom stereocenters. The largest absolute Gasteiger partial charge is 0.464 e. The molecule has 0 spiro atoms. The van der Waals surface area contributed by atoms with Crippen molar-refractivity contribution in [2.75, 3.05) is 0 Å². The first-order chi connectivity index (χ1) is 12.0. The van der Waals surface area contributed by atoms with E-state index < -0.39 is 29.6 Å². The summed E-state index contributed by atoms with van der Waals surface area (Å²) in [6, 6.07) is 5.05. The van der Waals surface area contributed by atoms with E-state index in [4.69, 9.17) is 9.15 Å². The fraction of sp³-hybridized carbons (Fsp3) is 0.421. The molecule has 0 radical (unpaired) electrons. The molecule has 1 aromatic heterocycles. The van der Waals surface area contributed by atoms with Gasteiger partial charge in [0.25, 0.3) is 5.91 Å². The van der Waals surface area contributed by atoms with E-state index in [1.54, 1.807) is 20.8 Å². The minimum absolute atomic E-state index is 0.0259. The van der Waals surface area contributed by atoms with Gasteiger partial charge in [0.15, 0.2) is 6.10 Å². The van der Waals surface area contributed by atoms with Crippen molar-refractivity contribution in [2.45, 2.75) is 52.7 Å². The Balaban J connectivity index is 1.92. The Morgan fingerprint density at radius 2 is 1.92 bits per heavy atom. The summed E-state index contributed by atoms with van der Waals surface area (Å²) in [5.74, 6) is -1.26. The van der Waals surface area contributed by atoms with Gasteiger partial charge >= 0.3 is 12.0 Å². The van der Waals surface area contributed by atoms with Crippen LogP contribution in [-0.2, 0) is 20.7 Å². The van der Waals surface area contributed by atoms with Crippen LogP contribution < -0.4 is 10.6 Å². The van der Waals surface area contributed by atoms with E-state index in [-0.39, 0.29) is 6.42 Å². The average molecular weight is 360 g/mol. The number of carbonyl (C=O) groups excluding carboxylic acids is 3. The second kappa shape index (κ2) is 7.59. The molecule has 140 valence electrons. The number of rotatable bonds is 4. The number of aryl methyl sites for hydroxylation is 1. The van der Waals surface area contributed by atoms with Crippen LogP contribution in [-0.4, -0.2) is 29.6 Å². The second-order valence-corrected chi connectivity index (χ2v) is 7.26. The summed E-state index contributed by atoms with van der Waals surface area (Å²) >= 11 is 0. The fourth-order valence-corrected chi connectivity index (χ4v) is 2.36. The van der Waals surface area contributed by atoms with Crippen molar-refractivity contribution in [3.8, 4) is 0 Å². The van der Waals surface area contributed by atoms with E-state index >= 15 is 0 Å². The Hall–Kier alpha value is -2.83. The van der Waals surface area contributed by atoms with Gasteiger partial charge in [-0.25, -0.2) is 4.79 Å². The van der Waals surface area contributed by atoms with Crippen LogP contribution in [0.4, 0.5) is 4.79 Å². The van der Waals surface area contributed by atoms with Crippen LogP contribution in [0.1, 0.15) is 38.8 Å². The number of imide groups is 1. The predicted octanol–water partition coefficient (Wildman–Crippen LogP) is 2.84. The van der Waals surface area contributed by atoms with E-state index in [0.717, 1.165) is 10.9 Å². The van der Waals surface area contributed by atoms with Crippen LogP contribution in [0.5, 0.6) is 0 Å². The normalized spacial score (nSPS) is 12.5. The number of furan rings is 1. The van der Waals surface area contributed by atoms with Crippen molar-refractivity contribution in [2.24, 2.45) is 0 Å². The maximum Gasteiger partial charge on any atom is 0.321 e. The van der Waals surface area contributed by atoms with Crippen molar-refractivity contribution in [1.82, 2.24) is 10.6 Å². The first-order valence-corrected chi connectivity index (χ1v) is 8.34. The first-order valence-electron chi connectivity index (χ1n) is 8.34. The number of carbonyl (C=O) groups is 3. The number of nitrogens with one attached hydrogen (secondary N) is 2. The average Bonchev–Trinajstić information content (AvgIpc) is 2.86. The van der Waals surface area contributed by atoms with Crippen LogP contribution in [0.3, 0.4) is 0 Å². The quantitative estimate of drug-likeness (QED) is 0.817. The number of esters is 1. The minimum atomic E-state index is -1.09. The van der Waals surface area contributed by atoms with Crippen molar-refractivity contribution >= 4 is 28.9 Å². The molecule has 2 aromatic rings. The number of hydrogen-bond donors (Lipinski definition) is 2. The highest BCUT2D eigenvalue weighted by molar-refractivity contribution is 5.97. The van der Waals surface area contributed by atoms with E-state index in [1.165, 1.54) is 13.2 Å². The van der Waals surface area contributed by atoms with Crippen molar-refractivity contribution in [1.29, 1.82) is 0 Å². The van der Waals surface area contributed by atoms with Crippen LogP contribution in [0.25, 0.3) is 11.0 Å². The van der Waals surface area contributed by atoms with E-state index in [2.05, 4.69) is 10.6 Å². The number of benzene rings is 1. The van der Waals surface area contributed by atoms with Gasteiger partial charge in [-0.05, 0) is 46.2 Å². The third-order valence-electron chi connectivity index (χ3n) is 3.55. The third-order valence-corrected chi connectivity index (χ3v) is 3.55. The molecule has 3 amide bonds. The molecular weight excluding hydrogens is 336 g/mol. The molecule has 0 bridgehead atoms. The van der Waals surface area contributed by atoms with E-state index in [0.29, 0.717) is 11.1 Å². The summed E-state index contributed by atoms with van der Waals surface area (Å²) in [7, 11) is 0. The highest BCUT2D eigenvalue weighted by Crippen LogP contribution is 2.23. The lowest BCUT2D eigenvalue weighted by molar-refractivity contribution is -0.153. The molecule has 0 aliphatic rings. The molecule has 7 heteroatoms. The monoisotopic (exact) mass is 360 g/mol. The lowest BCUT2D eigenvalue weighted by atomic mass is 10.1. The number of fused-ring (bicyclic) bond motifs is 1. The van der Waals surface area contributed by atoms with Crippen LogP contribution in [0, 0.1) is 6.92 Å². The molecule has 1 heterocycles. The Bertz CT molecular complexity index is 832. The minimum Gasteiger partial charge on any atom is -0.464 e. The Morgan fingerprint density at radius 1 is 1.23 bits per heavy atom. The Kier molecular flexibility index (Phi) is 5.69. The van der Waals surface area contributed by atoms with Gasteiger partial charge in [0.05, 0.1) is 12.7 Å². The molecule has 0 saturated heterocycles. The molecular formula is C19H24N2O5. The van der Waals surface area contributed by atoms with Gasteiger partial charge < -0.3 is 14.5 Å². The van der Waals surface area contributed by atoms with Crippen molar-refractivity contribution in [3.05, 3.63) is 35.6 Å². The van der Waals surface area contributed by atoms with Crippen LogP contribution in [0.2, 0.25) is 0 Å². The Morgan fingerprint density at radius 3 is 2.58 bits per heavy atom. The highest BCUT2D eigenvalue weighted by atomic mass is 16.5.